The number of methoxy groups -OCH3 is 1. The van der Waals surface area contributed by atoms with Crippen LogP contribution in [0.2, 0.25) is 5.02 Å². The van der Waals surface area contributed by atoms with Gasteiger partial charge in [-0.2, -0.15) is 0 Å². The van der Waals surface area contributed by atoms with Gasteiger partial charge in [0.2, 0.25) is 0 Å². The average molecular weight is 306 g/mol. The number of hydrogen-bond donors (Lipinski definition) is 3. The number of nitrogens with two attached hydrogens (primary N) is 1. The zero-order valence-electron chi connectivity index (χ0n) is 11.5. The maximum Gasteiger partial charge on any atom is 0.319 e. The predicted molar refractivity (Wildman–Crippen MR) is 84.7 cm³/mol. The molecule has 0 aliphatic rings. The van der Waals surface area contributed by atoms with Crippen molar-refractivity contribution in [1.82, 2.24) is 5.32 Å². The summed E-state index contributed by atoms with van der Waals surface area (Å²) in [5.41, 5.74) is 7.62. The van der Waals surface area contributed by atoms with Crippen LogP contribution in [0.15, 0.2) is 42.5 Å². The minimum Gasteiger partial charge on any atom is -0.497 e. The van der Waals surface area contributed by atoms with Crippen LogP contribution in [-0.4, -0.2) is 13.1 Å². The number of nitrogen functional groups attached to an aromatic ring is 1. The minimum absolute atomic E-state index is 0.336. The van der Waals surface area contributed by atoms with Gasteiger partial charge in [-0.1, -0.05) is 23.7 Å². The van der Waals surface area contributed by atoms with Gasteiger partial charge in [-0.15, -0.1) is 0 Å². The van der Waals surface area contributed by atoms with Crippen LogP contribution in [0, 0.1) is 0 Å². The van der Waals surface area contributed by atoms with Gasteiger partial charge in [-0.3, -0.25) is 0 Å². The van der Waals surface area contributed by atoms with Crippen LogP contribution in [0.4, 0.5) is 16.2 Å². The molecule has 0 bridgehead atoms. The zero-order chi connectivity index (χ0) is 15.2. The van der Waals surface area contributed by atoms with Gasteiger partial charge in [0.05, 0.1) is 17.8 Å². The molecule has 0 radical (unpaired) electrons. The first-order chi connectivity index (χ1) is 10.1. The van der Waals surface area contributed by atoms with Crippen LogP contribution < -0.4 is 21.1 Å². The number of anilines is 2. The number of carbonyl (C=O) groups excluding carboxylic acids is 1. The average Bonchev–Trinajstić information content (AvgIpc) is 2.48. The Kier molecular flexibility index (Phi) is 4.90. The van der Waals surface area contributed by atoms with E-state index in [9.17, 15) is 4.79 Å². The van der Waals surface area contributed by atoms with Crippen molar-refractivity contribution in [3.63, 3.8) is 0 Å². The van der Waals surface area contributed by atoms with E-state index in [0.29, 0.717) is 22.9 Å². The van der Waals surface area contributed by atoms with E-state index in [1.807, 2.05) is 24.3 Å². The second-order valence-corrected chi connectivity index (χ2v) is 4.80. The van der Waals surface area contributed by atoms with Crippen molar-refractivity contribution < 1.29 is 9.53 Å². The fraction of sp³-hybridized carbons (Fsp3) is 0.133. The molecule has 0 aliphatic carbocycles. The van der Waals surface area contributed by atoms with Gasteiger partial charge >= 0.3 is 6.03 Å². The summed E-state index contributed by atoms with van der Waals surface area (Å²) in [4.78, 5) is 11.8. The Hall–Kier alpha value is -2.40. The molecule has 0 heterocycles. The van der Waals surface area contributed by atoms with Crippen LogP contribution in [0.5, 0.6) is 5.75 Å². The second-order valence-electron chi connectivity index (χ2n) is 4.40. The Balaban J connectivity index is 1.89. The van der Waals surface area contributed by atoms with E-state index in [1.165, 1.54) is 0 Å². The number of carbonyl (C=O) groups is 1. The summed E-state index contributed by atoms with van der Waals surface area (Å²) < 4.78 is 5.07. The SMILES string of the molecule is COc1ccc(CNC(=O)Nc2ccc(N)cc2Cl)cc1. The molecule has 4 N–H and O–H groups in total. The number of amides is 2. The van der Waals surface area contributed by atoms with E-state index in [2.05, 4.69) is 10.6 Å². The molecule has 0 fully saturated rings. The summed E-state index contributed by atoms with van der Waals surface area (Å²) in [7, 11) is 1.61. The van der Waals surface area contributed by atoms with E-state index >= 15 is 0 Å². The minimum atomic E-state index is -0.336. The lowest BCUT2D eigenvalue weighted by Crippen LogP contribution is -2.28. The Morgan fingerprint density at radius 1 is 1.24 bits per heavy atom. The van der Waals surface area contributed by atoms with Crippen molar-refractivity contribution in [2.24, 2.45) is 0 Å². The van der Waals surface area contributed by atoms with Crippen LogP contribution in [0.25, 0.3) is 0 Å². The second kappa shape index (κ2) is 6.85. The van der Waals surface area contributed by atoms with Crippen molar-refractivity contribution >= 4 is 29.0 Å². The van der Waals surface area contributed by atoms with Gasteiger partial charge in [0.25, 0.3) is 0 Å². The number of nitrogens with one attached hydrogen (secondary N) is 2. The fourth-order valence-electron chi connectivity index (χ4n) is 1.72. The van der Waals surface area contributed by atoms with Gasteiger partial charge in [0.15, 0.2) is 0 Å². The van der Waals surface area contributed by atoms with Gasteiger partial charge in [-0.25, -0.2) is 4.79 Å². The third-order valence-corrected chi connectivity index (χ3v) is 3.17. The molecule has 0 atom stereocenters. The summed E-state index contributed by atoms with van der Waals surface area (Å²) in [6, 6.07) is 12.0. The lowest BCUT2D eigenvalue weighted by molar-refractivity contribution is 0.251. The molecule has 2 aromatic rings. The van der Waals surface area contributed by atoms with Crippen LogP contribution >= 0.6 is 11.6 Å². The summed E-state index contributed by atoms with van der Waals surface area (Å²) in [6.07, 6.45) is 0. The molecule has 21 heavy (non-hydrogen) atoms. The van der Waals surface area contributed by atoms with Gasteiger partial charge < -0.3 is 21.1 Å². The van der Waals surface area contributed by atoms with Crippen LogP contribution in [-0.2, 0) is 6.54 Å². The largest absolute Gasteiger partial charge is 0.497 e. The molecule has 0 saturated heterocycles. The smallest absolute Gasteiger partial charge is 0.319 e. The first kappa shape index (κ1) is 15.0. The zero-order valence-corrected chi connectivity index (χ0v) is 12.3. The van der Waals surface area contributed by atoms with Crippen molar-refractivity contribution in [2.75, 3.05) is 18.2 Å². The van der Waals surface area contributed by atoms with Crippen LogP contribution in [0.1, 0.15) is 5.56 Å². The molecule has 2 rings (SSSR count). The molecule has 6 heteroatoms. The molecule has 0 saturated carbocycles. The molecule has 110 valence electrons. The molecular formula is C15H16ClN3O2. The Morgan fingerprint density at radius 3 is 2.57 bits per heavy atom. The summed E-state index contributed by atoms with van der Waals surface area (Å²) >= 11 is 5.99. The molecule has 0 spiro atoms. The quantitative estimate of drug-likeness (QED) is 0.759. The lowest BCUT2D eigenvalue weighted by Gasteiger charge is -2.10. The molecule has 2 aromatic carbocycles. The molecule has 5 nitrogen and oxygen atoms in total. The molecule has 0 aromatic heterocycles. The van der Waals surface area contributed by atoms with Gasteiger partial charge in [0, 0.05) is 12.2 Å². The fourth-order valence-corrected chi connectivity index (χ4v) is 1.96. The number of rotatable bonds is 4. The summed E-state index contributed by atoms with van der Waals surface area (Å²) in [5, 5.41) is 5.81. The third kappa shape index (κ3) is 4.29. The number of urea groups is 1. The number of ether oxygens (including phenoxy) is 1. The van der Waals surface area contributed by atoms with E-state index < -0.39 is 0 Å². The number of halogens is 1. The lowest BCUT2D eigenvalue weighted by atomic mass is 10.2. The molecular weight excluding hydrogens is 290 g/mol. The molecule has 0 aliphatic heterocycles. The van der Waals surface area contributed by atoms with E-state index in [0.717, 1.165) is 11.3 Å². The standard InChI is InChI=1S/C15H16ClN3O2/c1-21-12-5-2-10(3-6-12)9-18-15(20)19-14-7-4-11(17)8-13(14)16/h2-8H,9,17H2,1H3,(H2,18,19,20). The Labute approximate surface area is 128 Å². The highest BCUT2D eigenvalue weighted by molar-refractivity contribution is 6.34. The van der Waals surface area contributed by atoms with Crippen LogP contribution in [0.3, 0.4) is 0 Å². The summed E-state index contributed by atoms with van der Waals surface area (Å²) in [5.74, 6) is 0.775. The van der Waals surface area contributed by atoms with Gasteiger partial charge in [0.1, 0.15) is 5.75 Å². The molecule has 2 amide bonds. The van der Waals surface area contributed by atoms with Crippen molar-refractivity contribution in [1.29, 1.82) is 0 Å². The van der Waals surface area contributed by atoms with E-state index in [1.54, 1.807) is 25.3 Å². The van der Waals surface area contributed by atoms with Crippen molar-refractivity contribution in [2.45, 2.75) is 6.54 Å². The first-order valence-electron chi connectivity index (χ1n) is 6.31. The van der Waals surface area contributed by atoms with E-state index in [-0.39, 0.29) is 6.03 Å². The third-order valence-electron chi connectivity index (χ3n) is 2.85. The monoisotopic (exact) mass is 305 g/mol. The normalized spacial score (nSPS) is 10.0. The highest BCUT2D eigenvalue weighted by atomic mass is 35.5. The predicted octanol–water partition coefficient (Wildman–Crippen LogP) is 3.25. The Bertz CT molecular complexity index is 629. The van der Waals surface area contributed by atoms with E-state index in [4.69, 9.17) is 22.1 Å². The highest BCUT2D eigenvalue weighted by Gasteiger charge is 2.05. The number of benzene rings is 2. The van der Waals surface area contributed by atoms with Crippen molar-refractivity contribution in [3.8, 4) is 5.75 Å². The first-order valence-corrected chi connectivity index (χ1v) is 6.69. The van der Waals surface area contributed by atoms with Crippen molar-refractivity contribution in [3.05, 3.63) is 53.1 Å². The molecule has 0 unspecified atom stereocenters. The topological polar surface area (TPSA) is 76.4 Å². The highest BCUT2D eigenvalue weighted by Crippen LogP contribution is 2.23. The summed E-state index contributed by atoms with van der Waals surface area (Å²) in [6.45, 7) is 0.405. The Morgan fingerprint density at radius 2 is 1.95 bits per heavy atom. The number of hydrogen-bond acceptors (Lipinski definition) is 3. The maximum absolute atomic E-state index is 11.8. The maximum atomic E-state index is 11.8. The van der Waals surface area contributed by atoms with Gasteiger partial charge in [-0.05, 0) is 35.9 Å².